The zero-order valence-electron chi connectivity index (χ0n) is 15.5. The van der Waals surface area contributed by atoms with Gasteiger partial charge >= 0.3 is 11.9 Å². The molecular weight excluding hydrogens is 384 g/mol. The van der Waals surface area contributed by atoms with E-state index in [0.29, 0.717) is 32.7 Å². The van der Waals surface area contributed by atoms with Gasteiger partial charge in [-0.05, 0) is 44.1 Å². The van der Waals surface area contributed by atoms with Crippen LogP contribution in [0, 0.1) is 6.92 Å². The summed E-state index contributed by atoms with van der Waals surface area (Å²) in [4.78, 5) is 24.9. The molecule has 2 rings (SSSR count). The van der Waals surface area contributed by atoms with Crippen molar-refractivity contribution in [3.63, 3.8) is 0 Å². The van der Waals surface area contributed by atoms with Crippen molar-refractivity contribution >= 4 is 45.6 Å². The van der Waals surface area contributed by atoms with Crippen molar-refractivity contribution in [2.75, 3.05) is 18.5 Å². The van der Waals surface area contributed by atoms with Crippen molar-refractivity contribution in [1.82, 2.24) is 5.32 Å². The van der Waals surface area contributed by atoms with Gasteiger partial charge in [0, 0.05) is 6.54 Å². The van der Waals surface area contributed by atoms with E-state index in [1.807, 2.05) is 30.3 Å². The Morgan fingerprint density at radius 1 is 1.07 bits per heavy atom. The largest absolute Gasteiger partial charge is 0.462 e. The molecule has 144 valence electrons. The summed E-state index contributed by atoms with van der Waals surface area (Å²) in [6.07, 6.45) is 0. The van der Waals surface area contributed by atoms with E-state index in [1.165, 1.54) is 0 Å². The fraction of sp³-hybridized carbons (Fsp3) is 0.316. The van der Waals surface area contributed by atoms with Crippen LogP contribution in [-0.4, -0.2) is 30.3 Å². The van der Waals surface area contributed by atoms with Gasteiger partial charge in [-0.15, -0.1) is 11.3 Å². The molecule has 0 bridgehead atoms. The topological polar surface area (TPSA) is 76.7 Å². The molecule has 1 heterocycles. The number of carbonyl (C=O) groups excluding carboxylic acids is 2. The number of esters is 2. The lowest BCUT2D eigenvalue weighted by molar-refractivity contribution is 0.0527. The van der Waals surface area contributed by atoms with Gasteiger partial charge in [0.25, 0.3) is 0 Å². The fourth-order valence-electron chi connectivity index (χ4n) is 2.37. The van der Waals surface area contributed by atoms with Crippen molar-refractivity contribution in [1.29, 1.82) is 0 Å². The quantitative estimate of drug-likeness (QED) is 0.533. The summed E-state index contributed by atoms with van der Waals surface area (Å²) in [7, 11) is 0. The van der Waals surface area contributed by atoms with E-state index in [0.717, 1.165) is 16.9 Å². The number of ether oxygens (including phenoxy) is 2. The summed E-state index contributed by atoms with van der Waals surface area (Å²) in [6.45, 7) is 6.18. The molecule has 0 radical (unpaired) electrons. The Kier molecular flexibility index (Phi) is 7.75. The standard InChI is InChI=1S/C19H22N2O4S2/c1-4-24-17(22)14-12(3)15(18(23)25-5-2)27-16(14)21-19(26)20-11-13-9-7-6-8-10-13/h6-10H,4-5,11H2,1-3H3,(H2,20,21,26). The predicted octanol–water partition coefficient (Wildman–Crippen LogP) is 3.90. The van der Waals surface area contributed by atoms with Gasteiger partial charge in [0.1, 0.15) is 9.88 Å². The first kappa shape index (κ1) is 20.9. The first-order chi connectivity index (χ1) is 13.0. The summed E-state index contributed by atoms with van der Waals surface area (Å²) in [5.41, 5.74) is 1.89. The van der Waals surface area contributed by atoms with E-state index in [1.54, 1.807) is 20.8 Å². The third-order valence-electron chi connectivity index (χ3n) is 3.61. The van der Waals surface area contributed by atoms with Crippen molar-refractivity contribution in [2.45, 2.75) is 27.3 Å². The zero-order chi connectivity index (χ0) is 19.8. The lowest BCUT2D eigenvalue weighted by atomic mass is 10.1. The van der Waals surface area contributed by atoms with Gasteiger partial charge in [0.2, 0.25) is 0 Å². The fourth-order valence-corrected chi connectivity index (χ4v) is 3.70. The highest BCUT2D eigenvalue weighted by Gasteiger charge is 2.26. The monoisotopic (exact) mass is 406 g/mol. The average molecular weight is 407 g/mol. The van der Waals surface area contributed by atoms with Crippen molar-refractivity contribution in [3.05, 3.63) is 51.9 Å². The number of hydrogen-bond acceptors (Lipinski definition) is 6. The molecule has 2 aromatic rings. The van der Waals surface area contributed by atoms with E-state index < -0.39 is 11.9 Å². The van der Waals surface area contributed by atoms with Gasteiger partial charge in [-0.25, -0.2) is 9.59 Å². The van der Waals surface area contributed by atoms with Gasteiger partial charge in [0.05, 0.1) is 18.8 Å². The van der Waals surface area contributed by atoms with Crippen molar-refractivity contribution in [3.8, 4) is 0 Å². The third-order valence-corrected chi connectivity index (χ3v) is 5.04. The van der Waals surface area contributed by atoms with Crippen LogP contribution in [0.4, 0.5) is 5.00 Å². The molecule has 0 fully saturated rings. The Morgan fingerprint density at radius 2 is 1.70 bits per heavy atom. The van der Waals surface area contributed by atoms with Crippen LogP contribution in [0.2, 0.25) is 0 Å². The number of carbonyl (C=O) groups is 2. The molecule has 0 unspecified atom stereocenters. The molecule has 0 aliphatic heterocycles. The van der Waals surface area contributed by atoms with E-state index in [-0.39, 0.29) is 13.2 Å². The Bertz CT molecular complexity index is 819. The lowest BCUT2D eigenvalue weighted by Crippen LogP contribution is -2.28. The molecule has 6 nitrogen and oxygen atoms in total. The minimum Gasteiger partial charge on any atom is -0.462 e. The molecule has 1 aromatic heterocycles. The Morgan fingerprint density at radius 3 is 2.33 bits per heavy atom. The second-order valence-corrected chi connectivity index (χ2v) is 6.92. The smallest absolute Gasteiger partial charge is 0.348 e. The average Bonchev–Trinajstić information content (AvgIpc) is 2.97. The molecule has 0 atom stereocenters. The van der Waals surface area contributed by atoms with E-state index in [9.17, 15) is 9.59 Å². The number of hydrogen-bond donors (Lipinski definition) is 2. The van der Waals surface area contributed by atoms with Crippen LogP contribution < -0.4 is 10.6 Å². The van der Waals surface area contributed by atoms with Crippen LogP contribution in [0.25, 0.3) is 0 Å². The minimum atomic E-state index is -0.504. The van der Waals surface area contributed by atoms with Gasteiger partial charge in [-0.2, -0.15) is 0 Å². The highest BCUT2D eigenvalue weighted by molar-refractivity contribution is 7.80. The van der Waals surface area contributed by atoms with Crippen LogP contribution in [0.15, 0.2) is 30.3 Å². The summed E-state index contributed by atoms with van der Waals surface area (Å²) in [6, 6.07) is 9.79. The van der Waals surface area contributed by atoms with E-state index in [4.69, 9.17) is 21.7 Å². The molecule has 0 aliphatic rings. The third kappa shape index (κ3) is 5.51. The van der Waals surface area contributed by atoms with Gasteiger partial charge in [-0.1, -0.05) is 30.3 Å². The van der Waals surface area contributed by atoms with Crippen molar-refractivity contribution < 1.29 is 19.1 Å². The van der Waals surface area contributed by atoms with Crippen molar-refractivity contribution in [2.24, 2.45) is 0 Å². The number of anilines is 1. The normalized spacial score (nSPS) is 10.2. The maximum atomic E-state index is 12.4. The highest BCUT2D eigenvalue weighted by Crippen LogP contribution is 2.34. The molecular formula is C19H22N2O4S2. The Balaban J connectivity index is 2.20. The van der Waals surface area contributed by atoms with Gasteiger partial charge < -0.3 is 20.1 Å². The van der Waals surface area contributed by atoms with Crippen LogP contribution >= 0.6 is 23.6 Å². The van der Waals surface area contributed by atoms with Gasteiger partial charge in [-0.3, -0.25) is 0 Å². The number of nitrogens with one attached hydrogen (secondary N) is 2. The zero-order valence-corrected chi connectivity index (χ0v) is 17.1. The molecule has 0 amide bonds. The number of thiophene rings is 1. The van der Waals surface area contributed by atoms with Crippen LogP contribution in [0.3, 0.4) is 0 Å². The minimum absolute atomic E-state index is 0.235. The number of thiocarbonyl (C=S) groups is 1. The van der Waals surface area contributed by atoms with E-state index >= 15 is 0 Å². The molecule has 8 heteroatoms. The second kappa shape index (κ2) is 10.0. The maximum absolute atomic E-state index is 12.4. The molecule has 0 saturated carbocycles. The summed E-state index contributed by atoms with van der Waals surface area (Å²) >= 11 is 6.46. The first-order valence-electron chi connectivity index (χ1n) is 8.54. The molecule has 27 heavy (non-hydrogen) atoms. The van der Waals surface area contributed by atoms with Crippen LogP contribution in [-0.2, 0) is 16.0 Å². The predicted molar refractivity (Wildman–Crippen MR) is 110 cm³/mol. The number of benzene rings is 1. The van der Waals surface area contributed by atoms with E-state index in [2.05, 4.69) is 10.6 Å². The summed E-state index contributed by atoms with van der Waals surface area (Å²) in [5, 5.41) is 6.90. The van der Waals surface area contributed by atoms with Crippen LogP contribution in [0.1, 0.15) is 45.0 Å². The molecule has 0 aliphatic carbocycles. The molecule has 0 spiro atoms. The maximum Gasteiger partial charge on any atom is 0.348 e. The SMILES string of the molecule is CCOC(=O)c1sc(NC(=S)NCc2ccccc2)c(C(=O)OCC)c1C. The number of rotatable bonds is 7. The lowest BCUT2D eigenvalue weighted by Gasteiger charge is -2.11. The Hall–Kier alpha value is -2.45. The summed E-state index contributed by atoms with van der Waals surface area (Å²) in [5.74, 6) is -0.975. The highest BCUT2D eigenvalue weighted by atomic mass is 32.1. The molecule has 1 aromatic carbocycles. The van der Waals surface area contributed by atoms with Crippen LogP contribution in [0.5, 0.6) is 0 Å². The molecule has 0 saturated heterocycles. The first-order valence-corrected chi connectivity index (χ1v) is 9.76. The van der Waals surface area contributed by atoms with Gasteiger partial charge in [0.15, 0.2) is 5.11 Å². The summed E-state index contributed by atoms with van der Waals surface area (Å²) < 4.78 is 10.2. The molecule has 2 N–H and O–H groups in total. The Labute approximate surface area is 167 Å². The second-order valence-electron chi connectivity index (χ2n) is 5.49.